The number of oxazole rings is 1. The first-order valence-corrected chi connectivity index (χ1v) is 12.2. The molecule has 0 fully saturated rings. The molecule has 0 atom stereocenters. The Kier molecular flexibility index (Phi) is 7.91. The molecule has 0 saturated heterocycles. The summed E-state index contributed by atoms with van der Waals surface area (Å²) in [5, 5.41) is 6.60. The number of nitrogens with zero attached hydrogens (tertiary/aromatic N) is 1. The van der Waals surface area contributed by atoms with Gasteiger partial charge in [0.15, 0.2) is 11.7 Å². The zero-order valence-electron chi connectivity index (χ0n) is 18.8. The smallest absolute Gasteiger partial charge is 0.254 e. The van der Waals surface area contributed by atoms with Gasteiger partial charge in [0.1, 0.15) is 5.00 Å². The number of ether oxygens (including phenoxy) is 1. The number of benzene rings is 1. The number of carbonyl (C=O) groups is 2. The second kappa shape index (κ2) is 11.2. The topological polar surface area (TPSA) is 93.5 Å². The molecule has 33 heavy (non-hydrogen) atoms. The van der Waals surface area contributed by atoms with Gasteiger partial charge in [-0.1, -0.05) is 30.3 Å². The van der Waals surface area contributed by atoms with Crippen LogP contribution < -0.4 is 10.6 Å². The molecular formula is C25H29N3O4S. The van der Waals surface area contributed by atoms with E-state index in [4.69, 9.17) is 9.15 Å². The third-order valence-corrected chi connectivity index (χ3v) is 6.85. The van der Waals surface area contributed by atoms with Gasteiger partial charge in [-0.25, -0.2) is 4.98 Å². The predicted octanol–water partition coefficient (Wildman–Crippen LogP) is 4.62. The van der Waals surface area contributed by atoms with Crippen LogP contribution in [0.3, 0.4) is 0 Å². The molecule has 2 N–H and O–H groups in total. The second-order valence-electron chi connectivity index (χ2n) is 8.05. The Bertz CT molecular complexity index is 1090. The fourth-order valence-electron chi connectivity index (χ4n) is 3.97. The van der Waals surface area contributed by atoms with Crippen molar-refractivity contribution in [1.29, 1.82) is 0 Å². The average Bonchev–Trinajstić information content (AvgIpc) is 3.45. The third kappa shape index (κ3) is 5.89. The van der Waals surface area contributed by atoms with Gasteiger partial charge in [-0.05, 0) is 37.7 Å². The lowest BCUT2D eigenvalue weighted by atomic mass is 9.95. The van der Waals surface area contributed by atoms with Crippen molar-refractivity contribution in [3.8, 4) is 11.3 Å². The van der Waals surface area contributed by atoms with Gasteiger partial charge in [0.2, 0.25) is 5.91 Å². The Morgan fingerprint density at radius 2 is 2.00 bits per heavy atom. The van der Waals surface area contributed by atoms with E-state index in [2.05, 4.69) is 15.6 Å². The van der Waals surface area contributed by atoms with E-state index < -0.39 is 0 Å². The summed E-state index contributed by atoms with van der Waals surface area (Å²) in [7, 11) is 1.64. The van der Waals surface area contributed by atoms with Crippen LogP contribution in [-0.2, 0) is 28.8 Å². The van der Waals surface area contributed by atoms with Crippen molar-refractivity contribution in [1.82, 2.24) is 10.3 Å². The van der Waals surface area contributed by atoms with E-state index in [1.54, 1.807) is 13.3 Å². The summed E-state index contributed by atoms with van der Waals surface area (Å²) in [4.78, 5) is 31.2. The maximum atomic E-state index is 12.9. The number of thiophene rings is 1. The molecule has 2 heterocycles. The number of hydrogen-bond acceptors (Lipinski definition) is 6. The molecule has 3 aromatic rings. The highest BCUT2D eigenvalue weighted by Crippen LogP contribution is 2.38. The summed E-state index contributed by atoms with van der Waals surface area (Å²) in [5.74, 6) is 0.928. The summed E-state index contributed by atoms with van der Waals surface area (Å²) < 4.78 is 10.9. The molecule has 8 heteroatoms. The molecule has 0 bridgehead atoms. The number of carbonyl (C=O) groups excluding carboxylic acids is 2. The third-order valence-electron chi connectivity index (χ3n) is 5.64. The van der Waals surface area contributed by atoms with Crippen LogP contribution in [0.1, 0.15) is 52.4 Å². The molecule has 0 radical (unpaired) electrons. The number of aryl methyl sites for hydroxylation is 2. The van der Waals surface area contributed by atoms with Crippen molar-refractivity contribution < 1.29 is 18.7 Å². The largest absolute Gasteiger partial charge is 0.441 e. The molecule has 7 nitrogen and oxygen atoms in total. The molecular weight excluding hydrogens is 438 g/mol. The van der Waals surface area contributed by atoms with Crippen molar-refractivity contribution >= 4 is 28.2 Å². The van der Waals surface area contributed by atoms with Gasteiger partial charge in [-0.2, -0.15) is 0 Å². The fraction of sp³-hybridized carbons (Fsp3) is 0.400. The molecule has 2 aromatic heterocycles. The SMILES string of the molecule is COCCCNC(=O)c1c(NC(=O)CCc2ncc(-c3ccccc3)o2)sc2c1CCCC2. The molecule has 0 aliphatic heterocycles. The molecule has 0 spiro atoms. The molecule has 1 aromatic carbocycles. The number of rotatable bonds is 10. The number of hydrogen-bond donors (Lipinski definition) is 2. The van der Waals surface area contributed by atoms with Crippen LogP contribution in [0.5, 0.6) is 0 Å². The Labute approximate surface area is 197 Å². The first kappa shape index (κ1) is 23.2. The minimum absolute atomic E-state index is 0.124. The van der Waals surface area contributed by atoms with Crippen molar-refractivity contribution in [3.05, 3.63) is 58.4 Å². The summed E-state index contributed by atoms with van der Waals surface area (Å²) in [6.07, 6.45) is 7.06. The molecule has 1 aliphatic carbocycles. The van der Waals surface area contributed by atoms with Gasteiger partial charge >= 0.3 is 0 Å². The second-order valence-corrected chi connectivity index (χ2v) is 9.15. The highest BCUT2D eigenvalue weighted by atomic mass is 32.1. The number of fused-ring (bicyclic) bond motifs is 1. The van der Waals surface area contributed by atoms with Gasteiger partial charge in [-0.15, -0.1) is 11.3 Å². The van der Waals surface area contributed by atoms with Crippen molar-refractivity contribution in [2.75, 3.05) is 25.6 Å². The first-order chi connectivity index (χ1) is 16.2. The van der Waals surface area contributed by atoms with Crippen LogP contribution in [0.25, 0.3) is 11.3 Å². The zero-order chi connectivity index (χ0) is 23.0. The van der Waals surface area contributed by atoms with Crippen LogP contribution in [0, 0.1) is 0 Å². The zero-order valence-corrected chi connectivity index (χ0v) is 19.6. The quantitative estimate of drug-likeness (QED) is 0.425. The van der Waals surface area contributed by atoms with E-state index in [0.717, 1.165) is 43.2 Å². The summed E-state index contributed by atoms with van der Waals surface area (Å²) in [6.45, 7) is 1.14. The van der Waals surface area contributed by atoms with E-state index in [1.165, 1.54) is 16.2 Å². The lowest BCUT2D eigenvalue weighted by Crippen LogP contribution is -2.27. The summed E-state index contributed by atoms with van der Waals surface area (Å²) >= 11 is 1.53. The van der Waals surface area contributed by atoms with Crippen molar-refractivity contribution in [2.24, 2.45) is 0 Å². The standard InChI is InChI=1S/C25H29N3O4S/c1-31-15-7-14-26-24(30)23-18-10-5-6-11-20(18)33-25(23)28-21(29)12-13-22-27-16-19(32-22)17-8-3-2-4-9-17/h2-4,8-9,16H,5-7,10-15H2,1H3,(H,26,30)(H,28,29). The van der Waals surface area contributed by atoms with E-state index in [9.17, 15) is 9.59 Å². The van der Waals surface area contributed by atoms with Gasteiger partial charge < -0.3 is 19.8 Å². The van der Waals surface area contributed by atoms with Gasteiger partial charge in [0.25, 0.3) is 5.91 Å². The van der Waals surface area contributed by atoms with Crippen molar-refractivity contribution in [3.63, 3.8) is 0 Å². The number of aromatic nitrogens is 1. The van der Waals surface area contributed by atoms with Crippen LogP contribution in [-0.4, -0.2) is 37.1 Å². The maximum absolute atomic E-state index is 12.9. The lowest BCUT2D eigenvalue weighted by Gasteiger charge is -2.13. The van der Waals surface area contributed by atoms with Gasteiger partial charge in [0, 0.05) is 43.5 Å². The predicted molar refractivity (Wildman–Crippen MR) is 129 cm³/mol. The molecule has 0 unspecified atom stereocenters. The molecule has 1 aliphatic rings. The molecule has 0 saturated carbocycles. The van der Waals surface area contributed by atoms with E-state index >= 15 is 0 Å². The van der Waals surface area contributed by atoms with Crippen LogP contribution in [0.2, 0.25) is 0 Å². The normalized spacial score (nSPS) is 12.9. The maximum Gasteiger partial charge on any atom is 0.254 e. The lowest BCUT2D eigenvalue weighted by molar-refractivity contribution is -0.116. The fourth-order valence-corrected chi connectivity index (χ4v) is 5.28. The van der Waals surface area contributed by atoms with Gasteiger partial charge in [-0.3, -0.25) is 9.59 Å². The van der Waals surface area contributed by atoms with Crippen molar-refractivity contribution in [2.45, 2.75) is 44.9 Å². The van der Waals surface area contributed by atoms with Crippen LogP contribution in [0.4, 0.5) is 5.00 Å². The Balaban J connectivity index is 1.39. The monoisotopic (exact) mass is 467 g/mol. The van der Waals surface area contributed by atoms with Crippen LogP contribution >= 0.6 is 11.3 Å². The summed E-state index contributed by atoms with van der Waals surface area (Å²) in [6, 6.07) is 9.74. The number of methoxy groups -OCH3 is 1. The average molecular weight is 468 g/mol. The first-order valence-electron chi connectivity index (χ1n) is 11.4. The molecule has 174 valence electrons. The Morgan fingerprint density at radius 3 is 2.82 bits per heavy atom. The minimum Gasteiger partial charge on any atom is -0.441 e. The Morgan fingerprint density at radius 1 is 1.18 bits per heavy atom. The van der Waals surface area contributed by atoms with Gasteiger partial charge in [0.05, 0.1) is 11.8 Å². The number of nitrogens with one attached hydrogen (secondary N) is 2. The number of anilines is 1. The van der Waals surface area contributed by atoms with Crippen LogP contribution in [0.15, 0.2) is 40.9 Å². The molecule has 2 amide bonds. The van der Waals surface area contributed by atoms with E-state index in [-0.39, 0.29) is 18.2 Å². The van der Waals surface area contributed by atoms with E-state index in [1.807, 2.05) is 30.3 Å². The minimum atomic E-state index is -0.151. The summed E-state index contributed by atoms with van der Waals surface area (Å²) in [5.41, 5.74) is 2.67. The Hall–Kier alpha value is -2.97. The highest BCUT2D eigenvalue weighted by Gasteiger charge is 2.26. The van der Waals surface area contributed by atoms with E-state index in [0.29, 0.717) is 41.8 Å². The molecule has 4 rings (SSSR count). The number of amides is 2. The highest BCUT2D eigenvalue weighted by molar-refractivity contribution is 7.17.